The summed E-state index contributed by atoms with van der Waals surface area (Å²) in [4.78, 5) is 51.1. The molecular weight excluding hydrogens is 442 g/mol. The van der Waals surface area contributed by atoms with E-state index in [9.17, 15) is 24.3 Å². The maximum atomic E-state index is 12.5. The van der Waals surface area contributed by atoms with Crippen molar-refractivity contribution in [1.82, 2.24) is 15.5 Å². The number of piperidine rings is 1. The zero-order valence-corrected chi connectivity index (χ0v) is 19.6. The van der Waals surface area contributed by atoms with Gasteiger partial charge in [0.25, 0.3) is 5.91 Å². The molecule has 1 saturated heterocycles. The number of benzene rings is 1. The van der Waals surface area contributed by atoms with Gasteiger partial charge in [-0.3, -0.25) is 29.4 Å². The summed E-state index contributed by atoms with van der Waals surface area (Å²) in [7, 11) is 0. The third-order valence-corrected chi connectivity index (χ3v) is 7.23. The SMILES string of the molecule is CC(C)(C)c1ccc(C(=O)C(=O)NCc2scc3c2CN(C2CCC(=O)NC2=O)C3O)cc1. The predicted molar refractivity (Wildman–Crippen MR) is 122 cm³/mol. The van der Waals surface area contributed by atoms with Crippen molar-refractivity contribution >= 4 is 34.8 Å². The van der Waals surface area contributed by atoms with Crippen LogP contribution in [0.3, 0.4) is 0 Å². The number of amides is 3. The minimum absolute atomic E-state index is 0.0460. The molecule has 8 nitrogen and oxygen atoms in total. The largest absolute Gasteiger partial charge is 0.374 e. The van der Waals surface area contributed by atoms with E-state index in [2.05, 4.69) is 31.4 Å². The van der Waals surface area contributed by atoms with E-state index in [0.29, 0.717) is 24.1 Å². The highest BCUT2D eigenvalue weighted by Gasteiger charge is 2.41. The van der Waals surface area contributed by atoms with E-state index in [1.807, 2.05) is 12.1 Å². The van der Waals surface area contributed by atoms with Crippen molar-refractivity contribution < 1.29 is 24.3 Å². The van der Waals surface area contributed by atoms with Gasteiger partial charge in [0.2, 0.25) is 17.6 Å². The third kappa shape index (κ3) is 4.62. The normalized spacial score (nSPS) is 21.0. The molecule has 1 aromatic heterocycles. The number of carbonyl (C=O) groups is 4. The van der Waals surface area contributed by atoms with Crippen molar-refractivity contribution in [3.8, 4) is 0 Å². The monoisotopic (exact) mass is 469 g/mol. The number of ketones is 1. The van der Waals surface area contributed by atoms with E-state index >= 15 is 0 Å². The van der Waals surface area contributed by atoms with Gasteiger partial charge in [0.15, 0.2) is 0 Å². The summed E-state index contributed by atoms with van der Waals surface area (Å²) in [5.74, 6) is -2.01. The third-order valence-electron chi connectivity index (χ3n) is 6.19. The second-order valence-corrected chi connectivity index (χ2v) is 10.4. The minimum atomic E-state index is -0.951. The molecule has 0 bridgehead atoms. The second kappa shape index (κ2) is 8.81. The lowest BCUT2D eigenvalue weighted by molar-refractivity contribution is -0.141. The molecular formula is C24H27N3O5S. The Balaban J connectivity index is 1.40. The van der Waals surface area contributed by atoms with Crippen LogP contribution in [0.4, 0.5) is 0 Å². The highest BCUT2D eigenvalue weighted by Crippen LogP contribution is 2.40. The van der Waals surface area contributed by atoms with Crippen LogP contribution in [0.1, 0.15) is 71.8 Å². The van der Waals surface area contributed by atoms with E-state index in [1.165, 1.54) is 11.3 Å². The summed E-state index contributed by atoms with van der Waals surface area (Å²) in [5.41, 5.74) is 2.90. The Morgan fingerprint density at radius 3 is 2.55 bits per heavy atom. The molecule has 2 unspecified atom stereocenters. The topological polar surface area (TPSA) is 116 Å². The van der Waals surface area contributed by atoms with Gasteiger partial charge in [-0.05, 0) is 28.3 Å². The van der Waals surface area contributed by atoms with Gasteiger partial charge in [0.05, 0.1) is 12.6 Å². The number of rotatable bonds is 5. The van der Waals surface area contributed by atoms with Crippen LogP contribution >= 0.6 is 11.3 Å². The van der Waals surface area contributed by atoms with Gasteiger partial charge in [0.1, 0.15) is 6.23 Å². The summed E-state index contributed by atoms with van der Waals surface area (Å²) < 4.78 is 0. The zero-order chi connectivity index (χ0) is 23.9. The van der Waals surface area contributed by atoms with Gasteiger partial charge in [-0.25, -0.2) is 0 Å². The Kier molecular flexibility index (Phi) is 6.22. The van der Waals surface area contributed by atoms with E-state index in [-0.39, 0.29) is 24.3 Å². The molecule has 2 aromatic rings. The molecule has 2 atom stereocenters. The standard InChI is InChI=1S/C24H27N3O5S/c1-24(2,3)14-6-4-13(5-7-14)20(29)22(31)25-10-18-15-11-27(23(32)16(15)12-33-18)17-8-9-19(28)26-21(17)30/h4-7,12,17,23,32H,8-11H2,1-3H3,(H,25,31)(H,26,28,30). The molecule has 2 aliphatic rings. The van der Waals surface area contributed by atoms with Crippen molar-refractivity contribution in [2.24, 2.45) is 0 Å². The van der Waals surface area contributed by atoms with Crippen LogP contribution in [0.5, 0.6) is 0 Å². The number of thiophene rings is 1. The highest BCUT2D eigenvalue weighted by molar-refractivity contribution is 7.10. The average molecular weight is 470 g/mol. The van der Waals surface area contributed by atoms with Gasteiger partial charge >= 0.3 is 0 Å². The number of imide groups is 1. The Bertz CT molecular complexity index is 1120. The molecule has 33 heavy (non-hydrogen) atoms. The van der Waals surface area contributed by atoms with E-state index in [0.717, 1.165) is 16.0 Å². The lowest BCUT2D eigenvalue weighted by Crippen LogP contribution is -2.51. The number of nitrogens with zero attached hydrogens (tertiary/aromatic N) is 1. The van der Waals surface area contributed by atoms with Gasteiger partial charge in [0, 0.05) is 29.0 Å². The maximum Gasteiger partial charge on any atom is 0.292 e. The van der Waals surface area contributed by atoms with Crippen molar-refractivity contribution in [2.75, 3.05) is 0 Å². The molecule has 174 valence electrons. The van der Waals surface area contributed by atoms with Gasteiger partial charge in [-0.15, -0.1) is 11.3 Å². The molecule has 9 heteroatoms. The zero-order valence-electron chi connectivity index (χ0n) is 18.8. The number of carbonyl (C=O) groups excluding carboxylic acids is 4. The van der Waals surface area contributed by atoms with E-state index in [1.54, 1.807) is 22.4 Å². The second-order valence-electron chi connectivity index (χ2n) is 9.44. The summed E-state index contributed by atoms with van der Waals surface area (Å²) in [6.07, 6.45) is -0.370. The lowest BCUT2D eigenvalue weighted by Gasteiger charge is -2.31. The smallest absolute Gasteiger partial charge is 0.292 e. The Morgan fingerprint density at radius 1 is 1.21 bits per heavy atom. The molecule has 0 spiro atoms. The van der Waals surface area contributed by atoms with Crippen molar-refractivity contribution in [3.63, 3.8) is 0 Å². The number of nitrogens with one attached hydrogen (secondary N) is 2. The number of aliphatic hydroxyl groups excluding tert-OH is 1. The lowest BCUT2D eigenvalue weighted by atomic mass is 9.86. The van der Waals surface area contributed by atoms with Crippen LogP contribution in [0.25, 0.3) is 0 Å². The molecule has 0 radical (unpaired) electrons. The molecule has 4 rings (SSSR count). The molecule has 2 aliphatic heterocycles. The van der Waals surface area contributed by atoms with Crippen LogP contribution in [0, 0.1) is 0 Å². The molecule has 3 amide bonds. The Morgan fingerprint density at radius 2 is 1.91 bits per heavy atom. The molecule has 0 aliphatic carbocycles. The van der Waals surface area contributed by atoms with Crippen LogP contribution in [-0.4, -0.2) is 39.6 Å². The first-order chi connectivity index (χ1) is 15.6. The van der Waals surface area contributed by atoms with Gasteiger partial charge < -0.3 is 10.4 Å². The highest BCUT2D eigenvalue weighted by atomic mass is 32.1. The summed E-state index contributed by atoms with van der Waals surface area (Å²) in [6.45, 7) is 6.72. The van der Waals surface area contributed by atoms with Gasteiger partial charge in [-0.2, -0.15) is 0 Å². The number of fused-ring (bicyclic) bond motifs is 1. The average Bonchev–Trinajstić information content (AvgIpc) is 3.31. The molecule has 1 aromatic carbocycles. The fourth-order valence-electron chi connectivity index (χ4n) is 4.20. The fourth-order valence-corrected chi connectivity index (χ4v) is 5.22. The van der Waals surface area contributed by atoms with Crippen molar-refractivity contribution in [1.29, 1.82) is 0 Å². The van der Waals surface area contributed by atoms with Crippen LogP contribution in [0.15, 0.2) is 29.6 Å². The maximum absolute atomic E-state index is 12.5. The Labute approximate surface area is 196 Å². The molecule has 3 N–H and O–H groups in total. The number of aliphatic hydroxyl groups is 1. The quantitative estimate of drug-likeness (QED) is 0.351. The minimum Gasteiger partial charge on any atom is -0.374 e. The van der Waals surface area contributed by atoms with Crippen LogP contribution < -0.4 is 10.6 Å². The summed E-state index contributed by atoms with van der Waals surface area (Å²) in [6, 6.07) is 6.46. The first-order valence-corrected chi connectivity index (χ1v) is 11.7. The van der Waals surface area contributed by atoms with Crippen LogP contribution in [-0.2, 0) is 32.9 Å². The molecule has 1 fully saturated rings. The summed E-state index contributed by atoms with van der Waals surface area (Å²) >= 11 is 1.39. The number of hydrogen-bond acceptors (Lipinski definition) is 7. The Hall–Kier alpha value is -2.88. The number of Topliss-reactive ketones (excluding diaryl/α,β-unsaturated/α-hetero) is 1. The van der Waals surface area contributed by atoms with Crippen LogP contribution in [0.2, 0.25) is 0 Å². The number of hydrogen-bond donors (Lipinski definition) is 3. The van der Waals surface area contributed by atoms with E-state index < -0.39 is 29.9 Å². The predicted octanol–water partition coefficient (Wildman–Crippen LogP) is 2.16. The van der Waals surface area contributed by atoms with Crippen molar-refractivity contribution in [3.05, 3.63) is 56.8 Å². The van der Waals surface area contributed by atoms with Gasteiger partial charge in [-0.1, -0.05) is 45.0 Å². The molecule has 0 saturated carbocycles. The fraction of sp³-hybridized carbons (Fsp3) is 0.417. The van der Waals surface area contributed by atoms with Crippen molar-refractivity contribution in [2.45, 2.75) is 64.4 Å². The first-order valence-electron chi connectivity index (χ1n) is 10.9. The molecule has 3 heterocycles. The summed E-state index contributed by atoms with van der Waals surface area (Å²) in [5, 5.41) is 17.5. The van der Waals surface area contributed by atoms with E-state index in [4.69, 9.17) is 0 Å². The first kappa shape index (κ1) is 23.3.